The number of fused-ring (bicyclic) bond motifs is 1. The highest BCUT2D eigenvalue weighted by atomic mass is 79.9. The maximum absolute atomic E-state index is 12.4. The Morgan fingerprint density at radius 3 is 2.88 bits per heavy atom. The van der Waals surface area contributed by atoms with Crippen molar-refractivity contribution in [3.8, 4) is 5.75 Å². The third-order valence-corrected chi connectivity index (χ3v) is 4.33. The van der Waals surface area contributed by atoms with Gasteiger partial charge in [0.15, 0.2) is 5.75 Å². The first-order chi connectivity index (χ1) is 11.4. The van der Waals surface area contributed by atoms with Crippen LogP contribution in [0.1, 0.15) is 5.56 Å². The normalized spacial score (nSPS) is 13.3. The Morgan fingerprint density at radius 2 is 2.12 bits per heavy atom. The fraction of sp³-hybridized carbons (Fsp3) is 0.176. The van der Waals surface area contributed by atoms with E-state index < -0.39 is 5.97 Å². The van der Waals surface area contributed by atoms with Crippen LogP contribution < -0.4 is 15.0 Å². The van der Waals surface area contributed by atoms with E-state index in [9.17, 15) is 9.59 Å². The van der Waals surface area contributed by atoms with Gasteiger partial charge < -0.3 is 15.0 Å². The molecule has 0 fully saturated rings. The summed E-state index contributed by atoms with van der Waals surface area (Å²) in [4.78, 5) is 25.7. The molecule has 1 aliphatic heterocycles. The summed E-state index contributed by atoms with van der Waals surface area (Å²) in [6.07, 6.45) is 0. The lowest BCUT2D eigenvalue weighted by Gasteiger charge is -2.29. The number of nitrogens with zero attached hydrogens (tertiary/aromatic N) is 1. The van der Waals surface area contributed by atoms with Gasteiger partial charge in [0.2, 0.25) is 5.91 Å². The van der Waals surface area contributed by atoms with Crippen LogP contribution in [0.3, 0.4) is 0 Å². The SMILES string of the molecule is Cc1cc(Br)ccc1NC(=O)CN1CC(=O)Oc2ccc(Cl)cc21. The molecule has 24 heavy (non-hydrogen) atoms. The molecule has 0 unspecified atom stereocenters. The van der Waals surface area contributed by atoms with Crippen molar-refractivity contribution in [1.82, 2.24) is 0 Å². The summed E-state index contributed by atoms with van der Waals surface area (Å²) in [6.45, 7) is 1.94. The highest BCUT2D eigenvalue weighted by Crippen LogP contribution is 2.34. The van der Waals surface area contributed by atoms with E-state index in [4.69, 9.17) is 16.3 Å². The van der Waals surface area contributed by atoms with Crippen molar-refractivity contribution < 1.29 is 14.3 Å². The molecule has 0 bridgehead atoms. The van der Waals surface area contributed by atoms with Crippen molar-refractivity contribution >= 4 is 50.8 Å². The number of anilines is 2. The number of carbonyl (C=O) groups is 2. The van der Waals surface area contributed by atoms with Gasteiger partial charge in [-0.05, 0) is 48.9 Å². The van der Waals surface area contributed by atoms with Crippen molar-refractivity contribution in [3.05, 3.63) is 51.5 Å². The number of amides is 1. The number of carbonyl (C=O) groups excluding carboxylic acids is 2. The molecule has 1 aliphatic rings. The fourth-order valence-electron chi connectivity index (χ4n) is 2.49. The molecule has 0 aromatic heterocycles. The summed E-state index contributed by atoms with van der Waals surface area (Å²) in [5.41, 5.74) is 2.30. The second-order valence-corrected chi connectivity index (χ2v) is 6.80. The average molecular weight is 410 g/mol. The lowest BCUT2D eigenvalue weighted by atomic mass is 10.2. The molecule has 0 spiro atoms. The summed E-state index contributed by atoms with van der Waals surface area (Å²) in [7, 11) is 0. The number of rotatable bonds is 3. The Labute approximate surface area is 152 Å². The Kier molecular flexibility index (Phi) is 4.78. The molecule has 3 rings (SSSR count). The summed E-state index contributed by atoms with van der Waals surface area (Å²) < 4.78 is 6.12. The molecule has 5 nitrogen and oxygen atoms in total. The van der Waals surface area contributed by atoms with E-state index in [0.29, 0.717) is 16.5 Å². The molecule has 0 radical (unpaired) electrons. The van der Waals surface area contributed by atoms with Gasteiger partial charge in [0.1, 0.15) is 6.54 Å². The van der Waals surface area contributed by atoms with Gasteiger partial charge >= 0.3 is 5.97 Å². The topological polar surface area (TPSA) is 58.6 Å². The molecule has 124 valence electrons. The van der Waals surface area contributed by atoms with Crippen LogP contribution in [-0.4, -0.2) is 25.0 Å². The van der Waals surface area contributed by atoms with Crippen molar-refractivity contribution in [2.45, 2.75) is 6.92 Å². The molecule has 0 saturated heterocycles. The molecule has 2 aromatic rings. The third-order valence-electron chi connectivity index (χ3n) is 3.60. The van der Waals surface area contributed by atoms with Crippen molar-refractivity contribution in [2.24, 2.45) is 0 Å². The smallest absolute Gasteiger partial charge is 0.331 e. The first-order valence-electron chi connectivity index (χ1n) is 7.23. The van der Waals surface area contributed by atoms with E-state index in [-0.39, 0.29) is 19.0 Å². The first-order valence-corrected chi connectivity index (χ1v) is 8.40. The molecule has 1 N–H and O–H groups in total. The summed E-state index contributed by atoms with van der Waals surface area (Å²) >= 11 is 9.40. The molecule has 0 saturated carbocycles. The summed E-state index contributed by atoms with van der Waals surface area (Å²) in [5, 5.41) is 3.37. The van der Waals surface area contributed by atoms with E-state index in [2.05, 4.69) is 21.2 Å². The maximum atomic E-state index is 12.4. The fourth-order valence-corrected chi connectivity index (χ4v) is 3.13. The number of nitrogens with one attached hydrogen (secondary N) is 1. The minimum Gasteiger partial charge on any atom is -0.423 e. The van der Waals surface area contributed by atoms with Crippen molar-refractivity contribution in [3.63, 3.8) is 0 Å². The quantitative estimate of drug-likeness (QED) is 0.619. The number of benzene rings is 2. The number of esters is 1. The molecule has 1 amide bonds. The zero-order valence-corrected chi connectivity index (χ0v) is 15.1. The van der Waals surface area contributed by atoms with Crippen LogP contribution in [0.2, 0.25) is 5.02 Å². The highest BCUT2D eigenvalue weighted by Gasteiger charge is 2.26. The van der Waals surface area contributed by atoms with Gasteiger partial charge in [-0.3, -0.25) is 4.79 Å². The number of hydrogen-bond acceptors (Lipinski definition) is 4. The second kappa shape index (κ2) is 6.83. The highest BCUT2D eigenvalue weighted by molar-refractivity contribution is 9.10. The Balaban J connectivity index is 1.77. The zero-order chi connectivity index (χ0) is 17.3. The molecule has 1 heterocycles. The standard InChI is InChI=1S/C17H14BrClN2O3/c1-10-6-11(18)2-4-13(10)20-16(22)8-21-9-17(23)24-15-5-3-12(19)7-14(15)21/h2-7H,8-9H2,1H3,(H,20,22). The van der Waals surface area contributed by atoms with Crippen LogP contribution in [0.4, 0.5) is 11.4 Å². The Morgan fingerprint density at radius 1 is 1.33 bits per heavy atom. The van der Waals surface area contributed by atoms with Gasteiger partial charge in [-0.15, -0.1) is 0 Å². The lowest BCUT2D eigenvalue weighted by molar-refractivity contribution is -0.133. The van der Waals surface area contributed by atoms with Crippen LogP contribution >= 0.6 is 27.5 Å². The maximum Gasteiger partial charge on any atom is 0.331 e. The molecular formula is C17H14BrClN2O3. The van der Waals surface area contributed by atoms with Crippen LogP contribution in [0.25, 0.3) is 0 Å². The Hall–Kier alpha value is -2.05. The van der Waals surface area contributed by atoms with Gasteiger partial charge in [0.05, 0.1) is 12.2 Å². The number of hydrogen-bond donors (Lipinski definition) is 1. The minimum atomic E-state index is -0.405. The van der Waals surface area contributed by atoms with Gasteiger partial charge in [0.25, 0.3) is 0 Å². The number of aryl methyl sites for hydroxylation is 1. The van der Waals surface area contributed by atoms with Crippen LogP contribution in [0, 0.1) is 6.92 Å². The lowest BCUT2D eigenvalue weighted by Crippen LogP contribution is -2.41. The molecule has 0 aliphatic carbocycles. The summed E-state index contributed by atoms with van der Waals surface area (Å²) in [6, 6.07) is 10.5. The van der Waals surface area contributed by atoms with Crippen LogP contribution in [-0.2, 0) is 9.59 Å². The van der Waals surface area contributed by atoms with Gasteiger partial charge in [0, 0.05) is 15.2 Å². The number of halogens is 2. The van der Waals surface area contributed by atoms with E-state index in [1.165, 1.54) is 0 Å². The van der Waals surface area contributed by atoms with Gasteiger partial charge in [-0.2, -0.15) is 0 Å². The number of ether oxygens (including phenoxy) is 1. The summed E-state index contributed by atoms with van der Waals surface area (Å²) in [5.74, 6) is -0.221. The largest absolute Gasteiger partial charge is 0.423 e. The molecule has 2 aromatic carbocycles. The zero-order valence-electron chi connectivity index (χ0n) is 12.8. The van der Waals surface area contributed by atoms with Gasteiger partial charge in [-0.25, -0.2) is 4.79 Å². The van der Waals surface area contributed by atoms with E-state index in [0.717, 1.165) is 15.7 Å². The predicted molar refractivity (Wildman–Crippen MR) is 96.8 cm³/mol. The Bertz CT molecular complexity index is 825. The van der Waals surface area contributed by atoms with Crippen molar-refractivity contribution in [1.29, 1.82) is 0 Å². The monoisotopic (exact) mass is 408 g/mol. The van der Waals surface area contributed by atoms with Crippen LogP contribution in [0.5, 0.6) is 5.75 Å². The third kappa shape index (κ3) is 3.71. The minimum absolute atomic E-state index is 0.0000815. The van der Waals surface area contributed by atoms with Crippen LogP contribution in [0.15, 0.2) is 40.9 Å². The molecule has 7 heteroatoms. The average Bonchev–Trinajstić information content (AvgIpc) is 2.51. The van der Waals surface area contributed by atoms with E-state index >= 15 is 0 Å². The molecule has 0 atom stereocenters. The van der Waals surface area contributed by atoms with E-state index in [1.807, 2.05) is 25.1 Å². The van der Waals surface area contributed by atoms with Crippen molar-refractivity contribution in [2.75, 3.05) is 23.3 Å². The molecular weight excluding hydrogens is 396 g/mol. The second-order valence-electron chi connectivity index (χ2n) is 5.45. The van der Waals surface area contributed by atoms with Gasteiger partial charge in [-0.1, -0.05) is 27.5 Å². The predicted octanol–water partition coefficient (Wildman–Crippen LogP) is 3.78. The first kappa shape index (κ1) is 16.8. The van der Waals surface area contributed by atoms with E-state index in [1.54, 1.807) is 23.1 Å².